The normalized spacial score (nSPS) is 15.1. The number of hydrogen-bond donors (Lipinski definition) is 0. The highest BCUT2D eigenvalue weighted by molar-refractivity contribution is 8.26. The van der Waals surface area contributed by atoms with Gasteiger partial charge in [0.25, 0.3) is 5.91 Å². The van der Waals surface area contributed by atoms with Crippen molar-refractivity contribution in [1.29, 1.82) is 0 Å². The summed E-state index contributed by atoms with van der Waals surface area (Å²) < 4.78 is 16.7. The molecule has 1 heterocycles. The third kappa shape index (κ3) is 5.74. The molecule has 0 spiro atoms. The molecule has 2 aromatic carbocycles. The zero-order valence-corrected chi connectivity index (χ0v) is 18.9. The quantitative estimate of drug-likeness (QED) is 0.263. The standard InChI is InChI=1S/C23H21NO5S2/c1-4-28-19-13-16(14-20-22(26)24(2)23(30)31-20)7-11-18(19)29-21(25)12-8-15-5-9-17(27-3)10-6-15/h5-14H,4H2,1-3H3. The van der Waals surface area contributed by atoms with Crippen molar-refractivity contribution in [3.63, 3.8) is 0 Å². The van der Waals surface area contributed by atoms with E-state index in [1.165, 1.54) is 22.7 Å². The minimum absolute atomic E-state index is 0.146. The molecule has 0 bridgehead atoms. The predicted octanol–water partition coefficient (Wildman–Crippen LogP) is 4.54. The predicted molar refractivity (Wildman–Crippen MR) is 126 cm³/mol. The van der Waals surface area contributed by atoms with Crippen molar-refractivity contribution >= 4 is 52.3 Å². The van der Waals surface area contributed by atoms with Crippen LogP contribution in [-0.4, -0.2) is 41.9 Å². The van der Waals surface area contributed by atoms with E-state index in [1.54, 1.807) is 44.5 Å². The van der Waals surface area contributed by atoms with E-state index in [1.807, 2.05) is 31.2 Å². The Kier molecular flexibility index (Phi) is 7.49. The van der Waals surface area contributed by atoms with Crippen molar-refractivity contribution in [2.24, 2.45) is 0 Å². The van der Waals surface area contributed by atoms with Gasteiger partial charge in [-0.05, 0) is 54.5 Å². The van der Waals surface area contributed by atoms with Gasteiger partial charge in [-0.2, -0.15) is 0 Å². The highest BCUT2D eigenvalue weighted by Crippen LogP contribution is 2.34. The SMILES string of the molecule is CCOc1cc(C=C2SC(=S)N(C)C2=O)ccc1OC(=O)C=Cc1ccc(OC)cc1. The number of ether oxygens (including phenoxy) is 3. The number of amides is 1. The Morgan fingerprint density at radius 3 is 2.45 bits per heavy atom. The number of nitrogens with zero attached hydrogens (tertiary/aromatic N) is 1. The van der Waals surface area contributed by atoms with Crippen molar-refractivity contribution in [2.45, 2.75) is 6.92 Å². The van der Waals surface area contributed by atoms with E-state index in [2.05, 4.69) is 0 Å². The van der Waals surface area contributed by atoms with Crippen LogP contribution in [0.3, 0.4) is 0 Å². The third-order valence-corrected chi connectivity index (χ3v) is 5.77. The summed E-state index contributed by atoms with van der Waals surface area (Å²) in [5.41, 5.74) is 1.58. The molecule has 0 N–H and O–H groups in total. The van der Waals surface area contributed by atoms with E-state index in [0.29, 0.717) is 27.3 Å². The van der Waals surface area contributed by atoms with Gasteiger partial charge >= 0.3 is 5.97 Å². The minimum Gasteiger partial charge on any atom is -0.497 e. The van der Waals surface area contributed by atoms with Crippen molar-refractivity contribution < 1.29 is 23.8 Å². The molecule has 31 heavy (non-hydrogen) atoms. The first-order valence-electron chi connectivity index (χ1n) is 9.43. The number of hydrogen-bond acceptors (Lipinski definition) is 7. The van der Waals surface area contributed by atoms with Crippen molar-refractivity contribution in [1.82, 2.24) is 4.90 Å². The molecule has 1 saturated heterocycles. The molecule has 3 rings (SSSR count). The molecule has 160 valence electrons. The Labute approximate surface area is 190 Å². The first-order valence-corrected chi connectivity index (χ1v) is 10.7. The van der Waals surface area contributed by atoms with Gasteiger partial charge in [0.2, 0.25) is 0 Å². The van der Waals surface area contributed by atoms with Crippen LogP contribution in [0.1, 0.15) is 18.1 Å². The lowest BCUT2D eigenvalue weighted by atomic mass is 10.2. The number of esters is 1. The Balaban J connectivity index is 1.74. The van der Waals surface area contributed by atoms with Gasteiger partial charge in [-0.1, -0.05) is 42.2 Å². The van der Waals surface area contributed by atoms with E-state index in [0.717, 1.165) is 16.9 Å². The van der Waals surface area contributed by atoms with E-state index in [-0.39, 0.29) is 5.91 Å². The highest BCUT2D eigenvalue weighted by Gasteiger charge is 2.28. The summed E-state index contributed by atoms with van der Waals surface area (Å²) in [6.07, 6.45) is 4.74. The molecule has 1 amide bonds. The summed E-state index contributed by atoms with van der Waals surface area (Å²) in [5, 5.41) is 0. The van der Waals surface area contributed by atoms with E-state index >= 15 is 0 Å². The number of thiocarbonyl (C=S) groups is 1. The summed E-state index contributed by atoms with van der Waals surface area (Å²) in [7, 11) is 3.24. The molecule has 8 heteroatoms. The maximum absolute atomic E-state index is 12.3. The van der Waals surface area contributed by atoms with Gasteiger partial charge in [0, 0.05) is 13.1 Å². The number of carbonyl (C=O) groups is 2. The zero-order chi connectivity index (χ0) is 22.4. The Morgan fingerprint density at radius 2 is 1.84 bits per heavy atom. The molecule has 1 aliphatic rings. The lowest BCUT2D eigenvalue weighted by Crippen LogP contribution is -2.22. The van der Waals surface area contributed by atoms with Crippen LogP contribution in [0.15, 0.2) is 53.4 Å². The van der Waals surface area contributed by atoms with E-state index in [4.69, 9.17) is 26.4 Å². The number of methoxy groups -OCH3 is 1. The summed E-state index contributed by atoms with van der Waals surface area (Å²) in [5.74, 6) is 0.770. The third-order valence-electron chi connectivity index (χ3n) is 4.29. The fourth-order valence-corrected chi connectivity index (χ4v) is 3.87. The van der Waals surface area contributed by atoms with E-state index in [9.17, 15) is 9.59 Å². The van der Waals surface area contributed by atoms with Crippen LogP contribution >= 0.6 is 24.0 Å². The van der Waals surface area contributed by atoms with Gasteiger partial charge in [-0.15, -0.1) is 0 Å². The molecule has 1 fully saturated rings. The summed E-state index contributed by atoms with van der Waals surface area (Å²) in [4.78, 5) is 26.4. The van der Waals surface area contributed by atoms with Crippen LogP contribution in [0.25, 0.3) is 12.2 Å². The largest absolute Gasteiger partial charge is 0.497 e. The number of rotatable bonds is 7. The molecule has 0 unspecified atom stereocenters. The van der Waals surface area contributed by atoms with Crippen molar-refractivity contribution in [3.05, 3.63) is 64.6 Å². The van der Waals surface area contributed by atoms with Gasteiger partial charge in [0.05, 0.1) is 18.6 Å². The van der Waals surface area contributed by atoms with Gasteiger partial charge in [-0.25, -0.2) is 4.79 Å². The maximum Gasteiger partial charge on any atom is 0.336 e. The smallest absolute Gasteiger partial charge is 0.336 e. The molecule has 2 aromatic rings. The molecule has 1 aliphatic heterocycles. The molecule has 0 aromatic heterocycles. The van der Waals surface area contributed by atoms with Gasteiger partial charge in [0.1, 0.15) is 10.1 Å². The van der Waals surface area contributed by atoms with Crippen LogP contribution in [0, 0.1) is 0 Å². The second-order valence-corrected chi connectivity index (χ2v) is 8.08. The highest BCUT2D eigenvalue weighted by atomic mass is 32.2. The first-order chi connectivity index (χ1) is 14.9. The average molecular weight is 456 g/mol. The molecule has 6 nitrogen and oxygen atoms in total. The molecular weight excluding hydrogens is 434 g/mol. The second-order valence-electron chi connectivity index (χ2n) is 6.41. The lowest BCUT2D eigenvalue weighted by molar-refractivity contribution is -0.129. The fourth-order valence-electron chi connectivity index (χ4n) is 2.69. The van der Waals surface area contributed by atoms with Crippen LogP contribution in [0.4, 0.5) is 0 Å². The molecule has 0 saturated carbocycles. The number of thioether (sulfide) groups is 1. The molecule has 0 aliphatic carbocycles. The lowest BCUT2D eigenvalue weighted by Gasteiger charge is -2.10. The monoisotopic (exact) mass is 455 g/mol. The van der Waals surface area contributed by atoms with Crippen molar-refractivity contribution in [3.8, 4) is 17.2 Å². The first kappa shape index (κ1) is 22.6. The van der Waals surface area contributed by atoms with E-state index < -0.39 is 5.97 Å². The Hall–Kier alpha value is -3.10. The molecular formula is C23H21NO5S2. The maximum atomic E-state index is 12.3. The fraction of sp³-hybridized carbons (Fsp3) is 0.174. The molecule has 0 atom stereocenters. The second kappa shape index (κ2) is 10.3. The van der Waals surface area contributed by atoms with Crippen LogP contribution in [0.2, 0.25) is 0 Å². The summed E-state index contributed by atoms with van der Waals surface area (Å²) >= 11 is 6.40. The minimum atomic E-state index is -0.531. The van der Waals surface area contributed by atoms with Crippen LogP contribution in [0.5, 0.6) is 17.2 Å². The van der Waals surface area contributed by atoms with Crippen LogP contribution < -0.4 is 14.2 Å². The van der Waals surface area contributed by atoms with Crippen LogP contribution in [-0.2, 0) is 9.59 Å². The Bertz CT molecular complexity index is 1060. The van der Waals surface area contributed by atoms with Gasteiger partial charge in [-0.3, -0.25) is 9.69 Å². The summed E-state index contributed by atoms with van der Waals surface area (Å²) in [6.45, 7) is 2.23. The van der Waals surface area contributed by atoms with Gasteiger partial charge in [0.15, 0.2) is 11.5 Å². The topological polar surface area (TPSA) is 65.1 Å². The zero-order valence-electron chi connectivity index (χ0n) is 17.3. The van der Waals surface area contributed by atoms with Crippen molar-refractivity contribution in [2.75, 3.05) is 20.8 Å². The number of carbonyl (C=O) groups excluding carboxylic acids is 2. The van der Waals surface area contributed by atoms with Gasteiger partial charge < -0.3 is 14.2 Å². The number of benzene rings is 2. The summed E-state index contributed by atoms with van der Waals surface area (Å²) in [6, 6.07) is 12.4. The number of likely N-dealkylation sites (N-methyl/N-ethyl adjacent to an activating group) is 1. The molecule has 0 radical (unpaired) electrons. The Morgan fingerprint density at radius 1 is 1.13 bits per heavy atom. The average Bonchev–Trinajstić information content (AvgIpc) is 3.01.